The SMILES string of the molecule is CC1=C(C)N2C(=NC3C2C(=O)N(Cc2ccccc2)C(=O)N3C)O1. The highest BCUT2D eigenvalue weighted by Crippen LogP contribution is 2.36. The molecule has 1 aromatic rings. The number of rotatable bonds is 2. The average Bonchev–Trinajstić information content (AvgIpc) is 3.08. The van der Waals surface area contributed by atoms with E-state index in [2.05, 4.69) is 4.99 Å². The lowest BCUT2D eigenvalue weighted by molar-refractivity contribution is -0.137. The van der Waals surface area contributed by atoms with Crippen molar-refractivity contribution in [3.8, 4) is 0 Å². The van der Waals surface area contributed by atoms with Crippen LogP contribution >= 0.6 is 0 Å². The van der Waals surface area contributed by atoms with Crippen LogP contribution in [0.25, 0.3) is 0 Å². The lowest BCUT2D eigenvalue weighted by atomic mass is 10.1. The molecule has 2 unspecified atom stereocenters. The van der Waals surface area contributed by atoms with Crippen molar-refractivity contribution in [2.45, 2.75) is 32.6 Å². The zero-order chi connectivity index (χ0) is 17.0. The van der Waals surface area contributed by atoms with Gasteiger partial charge in [0, 0.05) is 7.05 Å². The first kappa shape index (κ1) is 14.7. The Kier molecular flexibility index (Phi) is 3.13. The summed E-state index contributed by atoms with van der Waals surface area (Å²) < 4.78 is 5.62. The number of amides is 3. The van der Waals surface area contributed by atoms with Crippen LogP contribution in [-0.2, 0) is 16.1 Å². The van der Waals surface area contributed by atoms with Gasteiger partial charge in [0.25, 0.3) is 11.9 Å². The molecule has 24 heavy (non-hydrogen) atoms. The van der Waals surface area contributed by atoms with Crippen LogP contribution in [0.3, 0.4) is 0 Å². The molecule has 124 valence electrons. The Bertz CT molecular complexity index is 786. The van der Waals surface area contributed by atoms with Crippen LogP contribution < -0.4 is 0 Å². The van der Waals surface area contributed by atoms with Crippen molar-refractivity contribution in [2.24, 2.45) is 4.99 Å². The number of hydrogen-bond donors (Lipinski definition) is 0. The second-order valence-corrected chi connectivity index (χ2v) is 6.19. The Labute approximate surface area is 139 Å². The highest BCUT2D eigenvalue weighted by atomic mass is 16.5. The van der Waals surface area contributed by atoms with E-state index in [4.69, 9.17) is 4.74 Å². The number of carbonyl (C=O) groups is 2. The lowest BCUT2D eigenvalue weighted by Crippen LogP contribution is -2.64. The molecule has 0 aliphatic carbocycles. The van der Waals surface area contributed by atoms with Crippen LogP contribution in [0.2, 0.25) is 0 Å². The van der Waals surface area contributed by atoms with Crippen LogP contribution in [0, 0.1) is 0 Å². The minimum absolute atomic E-state index is 0.247. The van der Waals surface area contributed by atoms with Crippen LogP contribution in [0.5, 0.6) is 0 Å². The van der Waals surface area contributed by atoms with E-state index < -0.39 is 12.2 Å². The van der Waals surface area contributed by atoms with Gasteiger partial charge in [-0.1, -0.05) is 30.3 Å². The van der Waals surface area contributed by atoms with Gasteiger partial charge in [-0.15, -0.1) is 0 Å². The first-order chi connectivity index (χ1) is 11.5. The van der Waals surface area contributed by atoms with Crippen molar-refractivity contribution in [2.75, 3.05) is 7.05 Å². The number of allylic oxidation sites excluding steroid dienone is 2. The summed E-state index contributed by atoms with van der Waals surface area (Å²) >= 11 is 0. The molecule has 0 spiro atoms. The van der Waals surface area contributed by atoms with Gasteiger partial charge < -0.3 is 9.64 Å². The Hall–Kier alpha value is -2.83. The molecule has 1 aromatic carbocycles. The van der Waals surface area contributed by atoms with Gasteiger partial charge >= 0.3 is 6.03 Å². The number of urea groups is 1. The summed E-state index contributed by atoms with van der Waals surface area (Å²) in [4.78, 5) is 34.7. The Balaban J connectivity index is 1.68. The average molecular weight is 326 g/mol. The van der Waals surface area contributed by atoms with E-state index in [0.29, 0.717) is 6.02 Å². The summed E-state index contributed by atoms with van der Waals surface area (Å²) in [7, 11) is 1.67. The molecule has 4 rings (SSSR count). The molecule has 0 N–H and O–H groups in total. The molecule has 3 amide bonds. The molecule has 7 nitrogen and oxygen atoms in total. The van der Waals surface area contributed by atoms with Crippen molar-refractivity contribution in [1.82, 2.24) is 14.7 Å². The molecular formula is C17H18N4O3. The molecule has 3 heterocycles. The molecule has 0 radical (unpaired) electrons. The summed E-state index contributed by atoms with van der Waals surface area (Å²) in [6.45, 7) is 3.98. The van der Waals surface area contributed by atoms with Gasteiger partial charge in [0.05, 0.1) is 12.2 Å². The fraction of sp³-hybridized carbons (Fsp3) is 0.353. The monoisotopic (exact) mass is 326 g/mol. The van der Waals surface area contributed by atoms with E-state index >= 15 is 0 Å². The van der Waals surface area contributed by atoms with Gasteiger partial charge in [0.1, 0.15) is 5.76 Å². The molecule has 7 heteroatoms. The number of benzene rings is 1. The van der Waals surface area contributed by atoms with Crippen LogP contribution in [0.4, 0.5) is 4.79 Å². The van der Waals surface area contributed by atoms with Gasteiger partial charge in [-0.3, -0.25) is 14.6 Å². The van der Waals surface area contributed by atoms with E-state index in [1.807, 2.05) is 44.2 Å². The van der Waals surface area contributed by atoms with Crippen LogP contribution in [-0.4, -0.2) is 51.9 Å². The topological polar surface area (TPSA) is 65.5 Å². The number of aliphatic imine (C=N–C) groups is 1. The Morgan fingerprint density at radius 3 is 2.58 bits per heavy atom. The van der Waals surface area contributed by atoms with Crippen molar-refractivity contribution in [3.05, 3.63) is 47.4 Å². The van der Waals surface area contributed by atoms with E-state index in [9.17, 15) is 9.59 Å². The summed E-state index contributed by atoms with van der Waals surface area (Å²) in [5, 5.41) is 0. The molecular weight excluding hydrogens is 308 g/mol. The molecule has 1 saturated heterocycles. The molecule has 1 fully saturated rings. The maximum Gasteiger partial charge on any atom is 0.328 e. The zero-order valence-electron chi connectivity index (χ0n) is 13.8. The zero-order valence-corrected chi connectivity index (χ0v) is 13.8. The molecule has 0 aromatic heterocycles. The highest BCUT2D eigenvalue weighted by molar-refractivity contribution is 6.04. The number of likely N-dealkylation sites (N-methyl/N-ethyl adjacent to an activating group) is 1. The third-order valence-electron chi connectivity index (χ3n) is 4.76. The third-order valence-corrected chi connectivity index (χ3v) is 4.76. The molecule has 2 atom stereocenters. The predicted octanol–water partition coefficient (Wildman–Crippen LogP) is 1.73. The quantitative estimate of drug-likeness (QED) is 0.830. The fourth-order valence-electron chi connectivity index (χ4n) is 3.31. The van der Waals surface area contributed by atoms with E-state index in [-0.39, 0.29) is 18.5 Å². The Morgan fingerprint density at radius 1 is 1.17 bits per heavy atom. The number of imide groups is 1. The lowest BCUT2D eigenvalue weighted by Gasteiger charge is -2.40. The second-order valence-electron chi connectivity index (χ2n) is 6.19. The largest absolute Gasteiger partial charge is 0.429 e. The number of fused-ring (bicyclic) bond motifs is 3. The summed E-state index contributed by atoms with van der Waals surface area (Å²) in [5.74, 6) is 0.484. The first-order valence-corrected chi connectivity index (χ1v) is 7.83. The fourth-order valence-corrected chi connectivity index (χ4v) is 3.31. The molecule has 0 saturated carbocycles. The molecule has 3 aliphatic heterocycles. The number of carbonyl (C=O) groups excluding carboxylic acids is 2. The maximum atomic E-state index is 13.0. The molecule has 0 bridgehead atoms. The van der Waals surface area contributed by atoms with Gasteiger partial charge in [-0.25, -0.2) is 9.79 Å². The maximum absolute atomic E-state index is 13.0. The smallest absolute Gasteiger partial charge is 0.328 e. The van der Waals surface area contributed by atoms with Gasteiger partial charge in [0.15, 0.2) is 12.2 Å². The number of nitrogens with zero attached hydrogens (tertiary/aromatic N) is 4. The minimum Gasteiger partial charge on any atom is -0.429 e. The second kappa shape index (κ2) is 5.09. The first-order valence-electron chi connectivity index (χ1n) is 7.83. The van der Waals surface area contributed by atoms with E-state index in [0.717, 1.165) is 17.0 Å². The minimum atomic E-state index is -0.566. The summed E-state index contributed by atoms with van der Waals surface area (Å²) in [6.07, 6.45) is -0.546. The predicted molar refractivity (Wildman–Crippen MR) is 86.5 cm³/mol. The summed E-state index contributed by atoms with van der Waals surface area (Å²) in [5.41, 5.74) is 1.77. The number of hydrogen-bond acceptors (Lipinski definition) is 5. The van der Waals surface area contributed by atoms with E-state index in [1.165, 1.54) is 9.80 Å². The van der Waals surface area contributed by atoms with Gasteiger partial charge in [-0.2, -0.15) is 0 Å². The van der Waals surface area contributed by atoms with Crippen molar-refractivity contribution >= 4 is 18.0 Å². The van der Waals surface area contributed by atoms with Crippen LogP contribution in [0.15, 0.2) is 46.8 Å². The van der Waals surface area contributed by atoms with Gasteiger partial charge in [-0.05, 0) is 19.4 Å². The Morgan fingerprint density at radius 2 is 1.88 bits per heavy atom. The standard InChI is InChI=1S/C17H18N4O3/c1-10-11(2)24-16-18-14-13(21(10)16)15(22)20(17(23)19(14)3)9-12-7-5-4-6-8-12/h4-8,13-14H,9H2,1-3H3. The number of ether oxygens (including phenoxy) is 1. The van der Waals surface area contributed by atoms with Gasteiger partial charge in [0.2, 0.25) is 0 Å². The number of amidine groups is 1. The highest BCUT2D eigenvalue weighted by Gasteiger charge is 2.55. The molecule has 3 aliphatic rings. The van der Waals surface area contributed by atoms with Crippen molar-refractivity contribution in [1.29, 1.82) is 0 Å². The van der Waals surface area contributed by atoms with E-state index in [1.54, 1.807) is 11.9 Å². The summed E-state index contributed by atoms with van der Waals surface area (Å²) in [6, 6.07) is 8.98. The normalized spacial score (nSPS) is 25.8. The van der Waals surface area contributed by atoms with Crippen molar-refractivity contribution < 1.29 is 14.3 Å². The third kappa shape index (κ3) is 1.94. The van der Waals surface area contributed by atoms with Crippen LogP contribution in [0.1, 0.15) is 19.4 Å². The van der Waals surface area contributed by atoms with Crippen molar-refractivity contribution in [3.63, 3.8) is 0 Å².